The first-order valence-electron chi connectivity index (χ1n) is 21.6. The molecule has 1 heterocycles. The van der Waals surface area contributed by atoms with E-state index in [0.29, 0.717) is 0 Å². The molecule has 2 heteroatoms. The van der Waals surface area contributed by atoms with Crippen LogP contribution in [0.1, 0.15) is 85.1 Å². The van der Waals surface area contributed by atoms with Gasteiger partial charge in [-0.3, -0.25) is 0 Å². The lowest BCUT2D eigenvalue weighted by molar-refractivity contribution is -0.0399. The number of allylic oxidation sites excluding steroid dienone is 1. The van der Waals surface area contributed by atoms with Crippen LogP contribution in [0.4, 0.5) is 17.1 Å². The third-order valence-corrected chi connectivity index (χ3v) is 16.9. The average Bonchev–Trinajstić information content (AvgIpc) is 3.84. The monoisotopic (exact) mass is 753 g/mol. The maximum atomic E-state index is 2.56. The Kier molecular flexibility index (Phi) is 6.75. The minimum atomic E-state index is -0.0678. The lowest BCUT2D eigenvalue weighted by Crippen LogP contribution is -2.55. The van der Waals surface area contributed by atoms with E-state index in [1.807, 2.05) is 11.3 Å². The number of aryl methyl sites for hydroxylation is 1. The van der Waals surface area contributed by atoms with E-state index >= 15 is 0 Å². The van der Waals surface area contributed by atoms with Gasteiger partial charge < -0.3 is 4.90 Å². The van der Waals surface area contributed by atoms with E-state index in [1.54, 1.807) is 11.1 Å². The number of fused-ring (bicyclic) bond motifs is 9. The SMILES string of the molecule is CC1(C)c2ccccc2-c2ccc(N(c3ccc(-c4ccc5c(c4)-c4ccccc4C54C5CC6CC(C5)CC4C6)cc3)c3ccc4sc5c(c4c3)CCC=C5)cc21. The quantitative estimate of drug-likeness (QED) is 0.173. The number of hydrogen-bond acceptors (Lipinski definition) is 2. The Morgan fingerprint density at radius 2 is 1.18 bits per heavy atom. The lowest BCUT2D eigenvalue weighted by Gasteiger charge is -2.61. The van der Waals surface area contributed by atoms with Crippen LogP contribution >= 0.6 is 11.3 Å². The fraction of sp³-hybridized carbons (Fsp3) is 0.273. The van der Waals surface area contributed by atoms with E-state index in [4.69, 9.17) is 0 Å². The molecule has 7 aliphatic carbocycles. The van der Waals surface area contributed by atoms with Crippen molar-refractivity contribution in [1.82, 2.24) is 0 Å². The zero-order chi connectivity index (χ0) is 37.6. The lowest BCUT2D eigenvalue weighted by atomic mass is 9.43. The minimum absolute atomic E-state index is 0.0678. The van der Waals surface area contributed by atoms with Crippen molar-refractivity contribution in [2.45, 2.75) is 69.6 Å². The molecule has 4 fully saturated rings. The molecule has 4 bridgehead atoms. The van der Waals surface area contributed by atoms with Gasteiger partial charge in [-0.05, 0) is 190 Å². The molecule has 0 N–H and O–H groups in total. The number of nitrogens with zero attached hydrogens (tertiary/aromatic N) is 1. The largest absolute Gasteiger partial charge is 0.310 e. The van der Waals surface area contributed by atoms with Crippen LogP contribution in [0.25, 0.3) is 49.5 Å². The molecule has 0 atom stereocenters. The molecule has 0 aliphatic heterocycles. The van der Waals surface area contributed by atoms with Gasteiger partial charge in [-0.2, -0.15) is 0 Å². The Hall–Kier alpha value is -5.18. The predicted octanol–water partition coefficient (Wildman–Crippen LogP) is 15.0. The highest BCUT2D eigenvalue weighted by Crippen LogP contribution is 2.69. The van der Waals surface area contributed by atoms with Gasteiger partial charge in [0.2, 0.25) is 0 Å². The molecule has 1 nitrogen and oxygen atoms in total. The van der Waals surface area contributed by atoms with E-state index in [9.17, 15) is 0 Å². The van der Waals surface area contributed by atoms with Crippen molar-refractivity contribution < 1.29 is 0 Å². The van der Waals surface area contributed by atoms with E-state index in [2.05, 4.69) is 158 Å². The first kappa shape index (κ1) is 32.9. The van der Waals surface area contributed by atoms with Gasteiger partial charge in [0.25, 0.3) is 0 Å². The van der Waals surface area contributed by atoms with Gasteiger partial charge in [-0.15, -0.1) is 11.3 Å². The van der Waals surface area contributed by atoms with Crippen molar-refractivity contribution in [3.05, 3.63) is 166 Å². The summed E-state index contributed by atoms with van der Waals surface area (Å²) in [7, 11) is 0. The van der Waals surface area contributed by atoms with Crippen molar-refractivity contribution in [3.8, 4) is 33.4 Å². The molecular formula is C55H47NS. The van der Waals surface area contributed by atoms with Gasteiger partial charge in [0, 0.05) is 37.5 Å². The van der Waals surface area contributed by atoms with Crippen LogP contribution in [0.5, 0.6) is 0 Å². The molecule has 0 radical (unpaired) electrons. The topological polar surface area (TPSA) is 3.24 Å². The minimum Gasteiger partial charge on any atom is -0.310 e. The summed E-state index contributed by atoms with van der Waals surface area (Å²) in [5.74, 6) is 3.50. The van der Waals surface area contributed by atoms with Crippen LogP contribution in [0, 0.1) is 23.7 Å². The summed E-state index contributed by atoms with van der Waals surface area (Å²) >= 11 is 1.93. The molecule has 0 saturated heterocycles. The number of anilines is 3. The van der Waals surface area contributed by atoms with Gasteiger partial charge >= 0.3 is 0 Å². The predicted molar refractivity (Wildman–Crippen MR) is 240 cm³/mol. The molecule has 7 aromatic rings. The average molecular weight is 754 g/mol. The second kappa shape index (κ2) is 11.7. The van der Waals surface area contributed by atoms with Gasteiger partial charge in [0.05, 0.1) is 0 Å². The Morgan fingerprint density at radius 3 is 1.96 bits per heavy atom. The smallest absolute Gasteiger partial charge is 0.0468 e. The highest BCUT2D eigenvalue weighted by Gasteiger charge is 2.61. The maximum absolute atomic E-state index is 2.56. The normalized spacial score (nSPS) is 25.0. The first-order valence-corrected chi connectivity index (χ1v) is 22.4. The van der Waals surface area contributed by atoms with Crippen LogP contribution in [0.15, 0.2) is 133 Å². The molecule has 0 amide bonds. The summed E-state index contributed by atoms with van der Waals surface area (Å²) in [5, 5.41) is 1.41. The van der Waals surface area contributed by atoms with Crippen molar-refractivity contribution in [2.75, 3.05) is 4.90 Å². The molecule has 14 rings (SSSR count). The van der Waals surface area contributed by atoms with Gasteiger partial charge in [0.15, 0.2) is 0 Å². The number of hydrogen-bond donors (Lipinski definition) is 0. The van der Waals surface area contributed by atoms with Gasteiger partial charge in [-0.1, -0.05) is 98.8 Å². The number of rotatable bonds is 4. The van der Waals surface area contributed by atoms with Crippen molar-refractivity contribution in [3.63, 3.8) is 0 Å². The second-order valence-corrected chi connectivity index (χ2v) is 19.9. The van der Waals surface area contributed by atoms with Crippen molar-refractivity contribution in [2.24, 2.45) is 23.7 Å². The Morgan fingerprint density at radius 1 is 0.544 bits per heavy atom. The van der Waals surface area contributed by atoms with E-state index in [0.717, 1.165) is 36.5 Å². The maximum Gasteiger partial charge on any atom is 0.0468 e. The van der Waals surface area contributed by atoms with Crippen LogP contribution in [0.2, 0.25) is 0 Å². The van der Waals surface area contributed by atoms with Crippen LogP contribution < -0.4 is 4.90 Å². The molecule has 57 heavy (non-hydrogen) atoms. The van der Waals surface area contributed by atoms with Crippen LogP contribution in [-0.2, 0) is 17.3 Å². The Balaban J connectivity index is 0.923. The highest BCUT2D eigenvalue weighted by molar-refractivity contribution is 7.20. The van der Waals surface area contributed by atoms with Gasteiger partial charge in [-0.25, -0.2) is 0 Å². The van der Waals surface area contributed by atoms with Crippen molar-refractivity contribution in [1.29, 1.82) is 0 Å². The molecule has 1 spiro atoms. The van der Waals surface area contributed by atoms with E-state index in [-0.39, 0.29) is 10.8 Å². The second-order valence-electron chi connectivity index (χ2n) is 18.8. The van der Waals surface area contributed by atoms with Crippen LogP contribution in [0.3, 0.4) is 0 Å². The fourth-order valence-corrected chi connectivity index (χ4v) is 14.7. The van der Waals surface area contributed by atoms with Crippen molar-refractivity contribution >= 4 is 44.6 Å². The first-order chi connectivity index (χ1) is 27.9. The third kappa shape index (κ3) is 4.46. The standard InChI is InChI=1S/C55H47NS/c1-54(2)48-12-6-3-9-42(48)44-22-20-41(32-51(44)54)56(40-21-24-53-47(31-40)45-11-5-8-14-52(45)57-53)39-18-15-35(16-19-39)36-17-23-50-46(30-36)43-10-4-7-13-49(43)55(50)37-26-33-25-34(28-37)29-38(55)27-33/h3-4,6-10,12-24,30-34,37-38H,5,11,25-29H2,1-2H3. The molecular weight excluding hydrogens is 707 g/mol. The van der Waals surface area contributed by atoms with Crippen LogP contribution in [-0.4, -0.2) is 0 Å². The zero-order valence-corrected chi connectivity index (χ0v) is 33.7. The number of benzene rings is 6. The molecule has 0 unspecified atom stereocenters. The highest BCUT2D eigenvalue weighted by atomic mass is 32.1. The molecule has 1 aromatic heterocycles. The summed E-state index contributed by atoms with van der Waals surface area (Å²) in [6, 6.07) is 49.8. The summed E-state index contributed by atoms with van der Waals surface area (Å²) in [6.45, 7) is 4.77. The molecule has 6 aromatic carbocycles. The summed E-state index contributed by atoms with van der Waals surface area (Å²) in [5.41, 5.74) is 19.7. The molecule has 7 aliphatic rings. The van der Waals surface area contributed by atoms with E-state index < -0.39 is 0 Å². The Labute approximate surface area is 340 Å². The summed E-state index contributed by atoms with van der Waals surface area (Å²) in [4.78, 5) is 3.92. The summed E-state index contributed by atoms with van der Waals surface area (Å²) in [6.07, 6.45) is 14.1. The van der Waals surface area contributed by atoms with Gasteiger partial charge in [0.1, 0.15) is 0 Å². The van der Waals surface area contributed by atoms with E-state index in [1.165, 1.54) is 114 Å². The molecule has 278 valence electrons. The molecule has 4 saturated carbocycles. The fourth-order valence-electron chi connectivity index (χ4n) is 13.5. The zero-order valence-electron chi connectivity index (χ0n) is 32.9. The third-order valence-electron chi connectivity index (χ3n) is 15.7. The summed E-state index contributed by atoms with van der Waals surface area (Å²) < 4.78 is 1.38. The Bertz CT molecular complexity index is 2820. The number of thiophene rings is 1.